The number of nitrogens with one attached hydrogen (secondary N) is 1. The van der Waals surface area contributed by atoms with Crippen LogP contribution in [0.15, 0.2) is 77.7 Å². The Balaban J connectivity index is 1.45. The summed E-state index contributed by atoms with van der Waals surface area (Å²) in [6.07, 6.45) is 4.70. The Hall–Kier alpha value is -3.12. The second-order valence-corrected chi connectivity index (χ2v) is 10.2. The van der Waals surface area contributed by atoms with E-state index in [1.54, 1.807) is 54.6 Å². The number of hydrogen-bond acceptors (Lipinski definition) is 3. The third-order valence-electron chi connectivity index (χ3n) is 6.11. The highest BCUT2D eigenvalue weighted by molar-refractivity contribution is 7.92. The second kappa shape index (κ2) is 9.17. The molecule has 0 saturated carbocycles. The van der Waals surface area contributed by atoms with E-state index in [-0.39, 0.29) is 16.8 Å². The summed E-state index contributed by atoms with van der Waals surface area (Å²) >= 11 is 0. The molecule has 0 fully saturated rings. The number of nitrogens with zero attached hydrogens (tertiary/aromatic N) is 1. The maximum Gasteiger partial charge on any atom is 0.264 e. The summed E-state index contributed by atoms with van der Waals surface area (Å²) in [5.41, 5.74) is 4.90. The predicted molar refractivity (Wildman–Crippen MR) is 127 cm³/mol. The molecule has 0 radical (unpaired) electrons. The van der Waals surface area contributed by atoms with Crippen molar-refractivity contribution in [1.29, 1.82) is 0 Å². The van der Waals surface area contributed by atoms with Gasteiger partial charge >= 0.3 is 0 Å². The lowest BCUT2D eigenvalue weighted by Gasteiger charge is -2.21. The minimum absolute atomic E-state index is 0.115. The minimum atomic E-state index is -3.66. The van der Waals surface area contributed by atoms with Gasteiger partial charge in [0, 0.05) is 12.6 Å². The van der Waals surface area contributed by atoms with Crippen molar-refractivity contribution in [2.45, 2.75) is 43.5 Å². The van der Waals surface area contributed by atoms with E-state index in [0.717, 1.165) is 18.4 Å². The SMILES string of the molecule is CC(NC(=O)c1ccc(N(C)S(=O)(=O)c2ccccc2)cc1)c1ccc2c(c1)CCCC2. The fraction of sp³-hybridized carbons (Fsp3) is 0.269. The molecule has 5 nitrogen and oxygen atoms in total. The summed E-state index contributed by atoms with van der Waals surface area (Å²) in [6.45, 7) is 1.98. The number of aryl methyl sites for hydroxylation is 2. The summed E-state index contributed by atoms with van der Waals surface area (Å²) in [5, 5.41) is 3.05. The molecule has 4 rings (SSSR count). The van der Waals surface area contributed by atoms with Gasteiger partial charge in [0.1, 0.15) is 0 Å². The third-order valence-corrected chi connectivity index (χ3v) is 7.91. The van der Waals surface area contributed by atoms with Gasteiger partial charge in [-0.15, -0.1) is 0 Å². The van der Waals surface area contributed by atoms with Crippen LogP contribution in [-0.2, 0) is 22.9 Å². The Kier molecular flexibility index (Phi) is 6.33. The Morgan fingerprint density at radius 1 is 0.906 bits per heavy atom. The van der Waals surface area contributed by atoms with Gasteiger partial charge in [-0.25, -0.2) is 8.42 Å². The van der Waals surface area contributed by atoms with Crippen molar-refractivity contribution in [2.24, 2.45) is 0 Å². The van der Waals surface area contributed by atoms with Crippen molar-refractivity contribution in [3.63, 3.8) is 0 Å². The first-order valence-corrected chi connectivity index (χ1v) is 12.4. The van der Waals surface area contributed by atoms with E-state index < -0.39 is 10.0 Å². The van der Waals surface area contributed by atoms with Crippen LogP contribution in [0, 0.1) is 0 Å². The van der Waals surface area contributed by atoms with Gasteiger partial charge in [-0.3, -0.25) is 9.10 Å². The van der Waals surface area contributed by atoms with E-state index in [0.29, 0.717) is 11.3 Å². The van der Waals surface area contributed by atoms with Crippen LogP contribution in [0.3, 0.4) is 0 Å². The highest BCUT2D eigenvalue weighted by Gasteiger charge is 2.21. The number of carbonyl (C=O) groups excluding carboxylic acids is 1. The highest BCUT2D eigenvalue weighted by atomic mass is 32.2. The lowest BCUT2D eigenvalue weighted by atomic mass is 9.89. The third kappa shape index (κ3) is 4.55. The van der Waals surface area contributed by atoms with Crippen LogP contribution in [0.4, 0.5) is 5.69 Å². The molecule has 3 aromatic carbocycles. The van der Waals surface area contributed by atoms with Crippen molar-refractivity contribution >= 4 is 21.6 Å². The molecule has 1 aliphatic rings. The normalized spacial score (nSPS) is 14.3. The van der Waals surface area contributed by atoms with Gasteiger partial charge in [-0.1, -0.05) is 36.4 Å². The molecule has 166 valence electrons. The molecular formula is C26H28N2O3S. The molecule has 32 heavy (non-hydrogen) atoms. The number of amides is 1. The molecule has 1 amide bonds. The quantitative estimate of drug-likeness (QED) is 0.584. The number of hydrogen-bond donors (Lipinski definition) is 1. The first-order valence-electron chi connectivity index (χ1n) is 10.9. The van der Waals surface area contributed by atoms with E-state index in [2.05, 4.69) is 23.5 Å². The molecule has 0 aliphatic heterocycles. The number of benzene rings is 3. The summed E-state index contributed by atoms with van der Waals surface area (Å²) in [4.78, 5) is 13.0. The molecule has 0 bridgehead atoms. The Labute approximate surface area is 190 Å². The summed E-state index contributed by atoms with van der Waals surface area (Å²) in [7, 11) is -2.15. The standard InChI is InChI=1S/C26H28N2O3S/c1-19(22-13-12-20-8-6-7-9-23(20)18-22)27-26(29)21-14-16-24(17-15-21)28(2)32(30,31)25-10-4-3-5-11-25/h3-5,10-19H,6-9H2,1-2H3,(H,27,29). The summed E-state index contributed by atoms with van der Waals surface area (Å²) in [5.74, 6) is -0.185. The van der Waals surface area contributed by atoms with Crippen molar-refractivity contribution in [1.82, 2.24) is 5.32 Å². The zero-order chi connectivity index (χ0) is 22.7. The monoisotopic (exact) mass is 448 g/mol. The molecule has 0 spiro atoms. The molecule has 0 heterocycles. The van der Waals surface area contributed by atoms with Gasteiger partial charge < -0.3 is 5.32 Å². The molecule has 1 unspecified atom stereocenters. The van der Waals surface area contributed by atoms with Gasteiger partial charge in [0.15, 0.2) is 0 Å². The van der Waals surface area contributed by atoms with Gasteiger partial charge in [-0.2, -0.15) is 0 Å². The number of rotatable bonds is 6. The fourth-order valence-corrected chi connectivity index (χ4v) is 5.31. The largest absolute Gasteiger partial charge is 0.346 e. The van der Waals surface area contributed by atoms with Crippen LogP contribution < -0.4 is 9.62 Å². The average molecular weight is 449 g/mol. The van der Waals surface area contributed by atoms with E-state index in [4.69, 9.17) is 0 Å². The average Bonchev–Trinajstić information content (AvgIpc) is 2.83. The van der Waals surface area contributed by atoms with Crippen molar-refractivity contribution in [3.05, 3.63) is 95.1 Å². The second-order valence-electron chi connectivity index (χ2n) is 8.26. The first kappa shape index (κ1) is 22.1. The van der Waals surface area contributed by atoms with E-state index >= 15 is 0 Å². The van der Waals surface area contributed by atoms with Crippen LogP contribution >= 0.6 is 0 Å². The molecule has 0 aromatic heterocycles. The van der Waals surface area contributed by atoms with Gasteiger partial charge in [0.2, 0.25) is 0 Å². The lowest BCUT2D eigenvalue weighted by Crippen LogP contribution is -2.28. The van der Waals surface area contributed by atoms with Crippen LogP contribution in [0.5, 0.6) is 0 Å². The molecule has 6 heteroatoms. The Morgan fingerprint density at radius 2 is 1.56 bits per heavy atom. The Morgan fingerprint density at radius 3 is 2.25 bits per heavy atom. The smallest absolute Gasteiger partial charge is 0.264 e. The number of carbonyl (C=O) groups is 1. The minimum Gasteiger partial charge on any atom is -0.346 e. The van der Waals surface area contributed by atoms with E-state index in [1.807, 2.05) is 6.92 Å². The van der Waals surface area contributed by atoms with Crippen LogP contribution in [0.2, 0.25) is 0 Å². The fourth-order valence-electron chi connectivity index (χ4n) is 4.10. The van der Waals surface area contributed by atoms with Crippen LogP contribution in [0.25, 0.3) is 0 Å². The van der Waals surface area contributed by atoms with Gasteiger partial charge in [0.25, 0.3) is 15.9 Å². The maximum atomic E-state index is 12.8. The molecule has 0 saturated heterocycles. The number of sulfonamides is 1. The van der Waals surface area contributed by atoms with Gasteiger partial charge in [-0.05, 0) is 85.7 Å². The van der Waals surface area contributed by atoms with Crippen molar-refractivity contribution in [3.8, 4) is 0 Å². The molecule has 1 aliphatic carbocycles. The molecule has 1 N–H and O–H groups in total. The van der Waals surface area contributed by atoms with E-state index in [1.165, 1.54) is 35.3 Å². The number of anilines is 1. The zero-order valence-electron chi connectivity index (χ0n) is 18.4. The lowest BCUT2D eigenvalue weighted by molar-refractivity contribution is 0.0940. The summed E-state index contributed by atoms with van der Waals surface area (Å²) in [6, 6.07) is 21.3. The zero-order valence-corrected chi connectivity index (χ0v) is 19.2. The first-order chi connectivity index (χ1) is 15.4. The van der Waals surface area contributed by atoms with E-state index in [9.17, 15) is 13.2 Å². The highest BCUT2D eigenvalue weighted by Crippen LogP contribution is 2.26. The van der Waals surface area contributed by atoms with Crippen molar-refractivity contribution in [2.75, 3.05) is 11.4 Å². The topological polar surface area (TPSA) is 66.5 Å². The van der Waals surface area contributed by atoms with Crippen molar-refractivity contribution < 1.29 is 13.2 Å². The molecule has 3 aromatic rings. The van der Waals surface area contributed by atoms with Crippen LogP contribution in [0.1, 0.15) is 52.9 Å². The molecule has 1 atom stereocenters. The Bertz CT molecular complexity index is 1210. The van der Waals surface area contributed by atoms with Gasteiger partial charge in [0.05, 0.1) is 16.6 Å². The predicted octanol–water partition coefficient (Wildman–Crippen LogP) is 4.88. The number of fused-ring (bicyclic) bond motifs is 1. The van der Waals surface area contributed by atoms with Crippen LogP contribution in [-0.4, -0.2) is 21.4 Å². The molecular weight excluding hydrogens is 420 g/mol. The summed E-state index contributed by atoms with van der Waals surface area (Å²) < 4.78 is 26.8. The maximum absolute atomic E-state index is 12.8.